The van der Waals surface area contributed by atoms with E-state index in [1.165, 1.54) is 15.6 Å². The first kappa shape index (κ1) is 22.9. The molecule has 32 heavy (non-hydrogen) atoms. The molecule has 1 atom stereocenters. The molecule has 1 aromatic heterocycles. The highest BCUT2D eigenvalue weighted by Crippen LogP contribution is 2.26. The van der Waals surface area contributed by atoms with E-state index in [2.05, 4.69) is 11.6 Å². The van der Waals surface area contributed by atoms with Crippen molar-refractivity contribution in [3.63, 3.8) is 0 Å². The number of aromatic nitrogens is 1. The normalized spacial score (nSPS) is 18.2. The van der Waals surface area contributed by atoms with Crippen LogP contribution in [0.25, 0.3) is 10.2 Å². The molecule has 1 amide bonds. The van der Waals surface area contributed by atoms with Crippen LogP contribution in [0.2, 0.25) is 5.02 Å². The van der Waals surface area contributed by atoms with E-state index in [-0.39, 0.29) is 17.3 Å². The highest BCUT2D eigenvalue weighted by Gasteiger charge is 2.33. The van der Waals surface area contributed by atoms with Crippen LogP contribution in [0, 0.1) is 12.8 Å². The van der Waals surface area contributed by atoms with E-state index >= 15 is 0 Å². The SMILES string of the molecule is C=CCn1c(=NC(=O)C2CCCN(S(=O)(=O)c3ccc(C)cc3)C2)sc2cc(Cl)ccc21. The average Bonchev–Trinajstić information content (AvgIpc) is 3.10. The van der Waals surface area contributed by atoms with E-state index in [1.54, 1.807) is 36.4 Å². The molecule has 1 fully saturated rings. The third-order valence-corrected chi connectivity index (χ3v) is 8.71. The molecule has 0 radical (unpaired) electrons. The maximum absolute atomic E-state index is 13.1. The van der Waals surface area contributed by atoms with Crippen LogP contribution in [0.3, 0.4) is 0 Å². The first-order chi connectivity index (χ1) is 15.3. The Morgan fingerprint density at radius 3 is 2.75 bits per heavy atom. The van der Waals surface area contributed by atoms with Crippen LogP contribution in [-0.2, 0) is 21.4 Å². The predicted molar refractivity (Wildman–Crippen MR) is 128 cm³/mol. The first-order valence-electron chi connectivity index (χ1n) is 10.3. The lowest BCUT2D eigenvalue weighted by atomic mass is 9.99. The summed E-state index contributed by atoms with van der Waals surface area (Å²) in [4.78, 5) is 18.3. The summed E-state index contributed by atoms with van der Waals surface area (Å²) in [7, 11) is -3.65. The van der Waals surface area contributed by atoms with E-state index in [4.69, 9.17) is 11.6 Å². The van der Waals surface area contributed by atoms with Gasteiger partial charge in [0.2, 0.25) is 10.0 Å². The van der Waals surface area contributed by atoms with Gasteiger partial charge in [0.1, 0.15) is 0 Å². The molecule has 0 aliphatic carbocycles. The molecule has 2 aromatic carbocycles. The Morgan fingerprint density at radius 2 is 2.03 bits per heavy atom. The number of hydrogen-bond acceptors (Lipinski definition) is 4. The smallest absolute Gasteiger partial charge is 0.252 e. The Labute approximate surface area is 196 Å². The lowest BCUT2D eigenvalue weighted by molar-refractivity contribution is -0.122. The van der Waals surface area contributed by atoms with Crippen molar-refractivity contribution in [3.05, 3.63) is 70.5 Å². The Morgan fingerprint density at radius 1 is 1.28 bits per heavy atom. The Balaban J connectivity index is 1.62. The number of nitrogens with zero attached hydrogens (tertiary/aromatic N) is 3. The van der Waals surface area contributed by atoms with Crippen molar-refractivity contribution < 1.29 is 13.2 Å². The van der Waals surface area contributed by atoms with Crippen molar-refractivity contribution in [1.82, 2.24) is 8.87 Å². The number of sulfonamides is 1. The molecule has 0 spiro atoms. The van der Waals surface area contributed by atoms with Gasteiger partial charge in [-0.05, 0) is 50.1 Å². The van der Waals surface area contributed by atoms with Crippen molar-refractivity contribution in [3.8, 4) is 0 Å². The molecule has 1 saturated heterocycles. The van der Waals surface area contributed by atoms with Crippen LogP contribution in [0.15, 0.2) is 65.0 Å². The zero-order chi connectivity index (χ0) is 22.9. The van der Waals surface area contributed by atoms with Crippen molar-refractivity contribution in [2.75, 3.05) is 13.1 Å². The molecule has 1 aliphatic rings. The standard InChI is InChI=1S/C23H24ClN3O3S2/c1-3-12-27-20-11-8-18(24)14-21(20)31-23(27)25-22(28)17-5-4-13-26(15-17)32(29,30)19-9-6-16(2)7-10-19/h3,6-11,14,17H,1,4-5,12-13,15H2,2H3. The third kappa shape index (κ3) is 4.59. The van der Waals surface area contributed by atoms with Crippen LogP contribution < -0.4 is 4.80 Å². The number of allylic oxidation sites excluding steroid dienone is 1. The quantitative estimate of drug-likeness (QED) is 0.499. The molecular weight excluding hydrogens is 466 g/mol. The second-order valence-corrected chi connectivity index (χ2v) is 11.2. The number of fused-ring (bicyclic) bond motifs is 1. The van der Waals surface area contributed by atoms with Gasteiger partial charge in [-0.25, -0.2) is 8.42 Å². The number of benzene rings is 2. The van der Waals surface area contributed by atoms with Crippen molar-refractivity contribution >= 4 is 49.1 Å². The van der Waals surface area contributed by atoms with Gasteiger partial charge in [-0.15, -0.1) is 6.58 Å². The predicted octanol–water partition coefficient (Wildman–Crippen LogP) is 4.38. The van der Waals surface area contributed by atoms with Gasteiger partial charge in [0.25, 0.3) is 5.91 Å². The fourth-order valence-electron chi connectivity index (χ4n) is 3.85. The first-order valence-corrected chi connectivity index (χ1v) is 13.0. The summed E-state index contributed by atoms with van der Waals surface area (Å²) in [6, 6.07) is 12.3. The summed E-state index contributed by atoms with van der Waals surface area (Å²) in [5, 5.41) is 0.617. The van der Waals surface area contributed by atoms with Gasteiger partial charge in [0.05, 0.1) is 21.0 Å². The third-order valence-electron chi connectivity index (χ3n) is 5.55. The second-order valence-electron chi connectivity index (χ2n) is 7.86. The summed E-state index contributed by atoms with van der Waals surface area (Å²) in [6.45, 7) is 6.75. The van der Waals surface area contributed by atoms with E-state index in [0.29, 0.717) is 35.8 Å². The molecular formula is C23H24ClN3O3S2. The summed E-state index contributed by atoms with van der Waals surface area (Å²) in [6.07, 6.45) is 2.98. The molecule has 3 aromatic rings. The van der Waals surface area contributed by atoms with Gasteiger partial charge in [0.15, 0.2) is 4.80 Å². The molecule has 2 heterocycles. The van der Waals surface area contributed by atoms with Crippen LogP contribution >= 0.6 is 22.9 Å². The van der Waals surface area contributed by atoms with Crippen molar-refractivity contribution in [2.45, 2.75) is 31.2 Å². The molecule has 1 unspecified atom stereocenters. The largest absolute Gasteiger partial charge is 0.313 e. The number of aryl methyl sites for hydroxylation is 1. The van der Waals surface area contributed by atoms with E-state index < -0.39 is 15.9 Å². The number of hydrogen-bond donors (Lipinski definition) is 0. The molecule has 0 N–H and O–H groups in total. The van der Waals surface area contributed by atoms with Crippen LogP contribution in [-0.4, -0.2) is 36.3 Å². The summed E-state index contributed by atoms with van der Waals surface area (Å²) in [5.41, 5.74) is 1.92. The molecule has 1 aliphatic heterocycles. The summed E-state index contributed by atoms with van der Waals surface area (Å²) < 4.78 is 30.4. The minimum atomic E-state index is -3.65. The molecule has 9 heteroatoms. The van der Waals surface area contributed by atoms with Crippen molar-refractivity contribution in [2.24, 2.45) is 10.9 Å². The zero-order valence-corrected chi connectivity index (χ0v) is 20.1. The van der Waals surface area contributed by atoms with Crippen LogP contribution in [0.5, 0.6) is 0 Å². The number of thiazole rings is 1. The number of carbonyl (C=O) groups excluding carboxylic acids is 1. The highest BCUT2D eigenvalue weighted by atomic mass is 35.5. The van der Waals surface area contributed by atoms with E-state index in [0.717, 1.165) is 15.8 Å². The number of halogens is 1. The summed E-state index contributed by atoms with van der Waals surface area (Å²) >= 11 is 7.51. The van der Waals surface area contributed by atoms with Gasteiger partial charge in [-0.3, -0.25) is 4.79 Å². The van der Waals surface area contributed by atoms with Gasteiger partial charge < -0.3 is 4.57 Å². The lowest BCUT2D eigenvalue weighted by Gasteiger charge is -2.30. The van der Waals surface area contributed by atoms with Gasteiger partial charge in [-0.2, -0.15) is 9.30 Å². The molecule has 168 valence electrons. The number of amides is 1. The molecule has 0 saturated carbocycles. The maximum atomic E-state index is 13.1. The van der Waals surface area contributed by atoms with E-state index in [1.807, 2.05) is 23.6 Å². The van der Waals surface area contributed by atoms with Gasteiger partial charge in [0, 0.05) is 24.7 Å². The molecule has 6 nitrogen and oxygen atoms in total. The minimum absolute atomic E-state index is 0.136. The van der Waals surface area contributed by atoms with Crippen molar-refractivity contribution in [1.29, 1.82) is 0 Å². The van der Waals surface area contributed by atoms with Gasteiger partial charge in [-0.1, -0.05) is 46.7 Å². The number of carbonyl (C=O) groups is 1. The highest BCUT2D eigenvalue weighted by molar-refractivity contribution is 7.89. The monoisotopic (exact) mass is 489 g/mol. The Hall–Kier alpha value is -2.26. The molecule has 0 bridgehead atoms. The van der Waals surface area contributed by atoms with E-state index in [9.17, 15) is 13.2 Å². The molecule has 4 rings (SSSR count). The fraction of sp³-hybridized carbons (Fsp3) is 0.304. The summed E-state index contributed by atoms with van der Waals surface area (Å²) in [5.74, 6) is -0.778. The topological polar surface area (TPSA) is 71.7 Å². The Bertz CT molecular complexity index is 1340. The number of piperidine rings is 1. The van der Waals surface area contributed by atoms with Gasteiger partial charge >= 0.3 is 0 Å². The second kappa shape index (κ2) is 9.31. The Kier molecular flexibility index (Phi) is 6.67. The zero-order valence-electron chi connectivity index (χ0n) is 17.7. The average molecular weight is 490 g/mol. The lowest BCUT2D eigenvalue weighted by Crippen LogP contribution is -2.42. The fourth-order valence-corrected chi connectivity index (χ4v) is 6.69. The number of rotatable bonds is 5. The van der Waals surface area contributed by atoms with Crippen LogP contribution in [0.4, 0.5) is 0 Å². The minimum Gasteiger partial charge on any atom is -0.313 e. The van der Waals surface area contributed by atoms with Crippen LogP contribution in [0.1, 0.15) is 18.4 Å². The maximum Gasteiger partial charge on any atom is 0.252 e.